The number of nitrogens with one attached hydrogen (secondary N) is 3. The monoisotopic (exact) mass is 579 g/mol. The van der Waals surface area contributed by atoms with Crippen molar-refractivity contribution in [2.45, 2.75) is 84.7 Å². The Bertz CT molecular complexity index is 1210. The summed E-state index contributed by atoms with van der Waals surface area (Å²) >= 11 is 0. The van der Waals surface area contributed by atoms with Gasteiger partial charge in [-0.25, -0.2) is 0 Å². The molecule has 2 amide bonds. The van der Waals surface area contributed by atoms with Gasteiger partial charge in [-0.3, -0.25) is 9.59 Å². The Morgan fingerprint density at radius 1 is 1.05 bits per heavy atom. The molecular formula is C34H49N3O5. The Morgan fingerprint density at radius 2 is 1.76 bits per heavy atom. The molecule has 0 aromatic heterocycles. The van der Waals surface area contributed by atoms with Crippen molar-refractivity contribution in [2.24, 2.45) is 29.1 Å². The predicted octanol–water partition coefficient (Wildman–Crippen LogP) is 3.49. The summed E-state index contributed by atoms with van der Waals surface area (Å²) in [5, 5.41) is 40.4. The van der Waals surface area contributed by atoms with Crippen LogP contribution in [0.1, 0.15) is 69.8 Å². The van der Waals surface area contributed by atoms with Gasteiger partial charge in [0.1, 0.15) is 0 Å². The molecule has 2 aromatic rings. The molecule has 4 unspecified atom stereocenters. The molecule has 3 aliphatic rings. The fourth-order valence-electron chi connectivity index (χ4n) is 7.20. The van der Waals surface area contributed by atoms with Gasteiger partial charge in [-0.2, -0.15) is 0 Å². The molecule has 6 N–H and O–H groups in total. The van der Waals surface area contributed by atoms with Gasteiger partial charge in [-0.1, -0.05) is 58.0 Å². The molecule has 3 saturated carbocycles. The van der Waals surface area contributed by atoms with Gasteiger partial charge >= 0.3 is 0 Å². The lowest BCUT2D eigenvalue weighted by atomic mass is 9.45. The molecule has 0 aliphatic heterocycles. The van der Waals surface area contributed by atoms with E-state index in [0.717, 1.165) is 29.5 Å². The summed E-state index contributed by atoms with van der Waals surface area (Å²) in [5.41, 5.74) is 3.76. The average molecular weight is 580 g/mol. The highest BCUT2D eigenvalue weighted by Crippen LogP contribution is 2.61. The molecule has 0 radical (unpaired) electrons. The lowest BCUT2D eigenvalue weighted by molar-refractivity contribution is -0.139. The van der Waals surface area contributed by atoms with Gasteiger partial charge in [0, 0.05) is 30.6 Å². The Kier molecular flexibility index (Phi) is 10.5. The van der Waals surface area contributed by atoms with Crippen molar-refractivity contribution in [1.29, 1.82) is 0 Å². The van der Waals surface area contributed by atoms with Crippen LogP contribution in [-0.4, -0.2) is 64.6 Å². The smallest absolute Gasteiger partial charge is 0.251 e. The molecule has 230 valence electrons. The summed E-state index contributed by atoms with van der Waals surface area (Å²) in [7, 11) is 0. The van der Waals surface area contributed by atoms with Crippen molar-refractivity contribution in [1.82, 2.24) is 16.0 Å². The van der Waals surface area contributed by atoms with Crippen LogP contribution in [0.25, 0.3) is 11.1 Å². The second-order valence-electron chi connectivity index (χ2n) is 13.0. The molecule has 2 bridgehead atoms. The molecule has 3 aliphatic carbocycles. The summed E-state index contributed by atoms with van der Waals surface area (Å²) in [6.45, 7) is 10.8. The number of fused-ring (bicyclic) bond motifs is 2. The number of benzene rings is 2. The number of carbonyl (C=O) groups is 2. The van der Waals surface area contributed by atoms with Crippen LogP contribution >= 0.6 is 0 Å². The SMILES string of the molecule is CCCNC(=O)c1ccc(-c2cccc(CN[C@H](C(=O)NC3C[C@H]4C[C@@H](C3C)C4(C)C)C(C(O)CO)[C@H](C)O)c2)cc1. The quantitative estimate of drug-likeness (QED) is 0.215. The summed E-state index contributed by atoms with van der Waals surface area (Å²) < 4.78 is 0. The molecule has 8 heteroatoms. The van der Waals surface area contributed by atoms with Gasteiger partial charge in [0.2, 0.25) is 5.91 Å². The van der Waals surface area contributed by atoms with E-state index >= 15 is 0 Å². The van der Waals surface area contributed by atoms with Gasteiger partial charge in [-0.15, -0.1) is 0 Å². The van der Waals surface area contributed by atoms with Crippen LogP contribution in [0.5, 0.6) is 0 Å². The van der Waals surface area contributed by atoms with Crippen LogP contribution in [-0.2, 0) is 11.3 Å². The highest BCUT2D eigenvalue weighted by atomic mass is 16.3. The fraction of sp³-hybridized carbons (Fsp3) is 0.588. The first kappa shape index (κ1) is 32.1. The van der Waals surface area contributed by atoms with Crippen molar-refractivity contribution in [3.05, 3.63) is 59.7 Å². The van der Waals surface area contributed by atoms with E-state index in [1.807, 2.05) is 55.5 Å². The largest absolute Gasteiger partial charge is 0.394 e. The summed E-state index contributed by atoms with van der Waals surface area (Å²) in [6.07, 6.45) is 0.719. The number of aliphatic hydroxyl groups is 3. The van der Waals surface area contributed by atoms with E-state index in [1.54, 1.807) is 6.92 Å². The molecule has 8 atom stereocenters. The lowest BCUT2D eigenvalue weighted by Crippen LogP contribution is -2.63. The van der Waals surface area contributed by atoms with E-state index in [4.69, 9.17) is 0 Å². The van der Waals surface area contributed by atoms with E-state index in [0.29, 0.717) is 41.8 Å². The standard InChI is InChI=1S/C34H49N3O5/c1-6-14-35-32(41)24-12-10-23(11-13-24)25-9-7-8-22(15-25)18-36-31(30(21(3)39)29(40)19-38)33(42)37-28-17-26-16-27(20(28)2)34(26,4)5/h7-13,15,20-21,26-31,36,38-40H,6,14,16-19H2,1-5H3,(H,35,41)(H,37,42)/t20?,21-,26+,27-,28?,29?,30?,31-/m0/s1. The summed E-state index contributed by atoms with van der Waals surface area (Å²) in [5.74, 6) is 0.224. The maximum absolute atomic E-state index is 13.8. The predicted molar refractivity (Wildman–Crippen MR) is 164 cm³/mol. The Labute approximate surface area is 250 Å². The number of hydrogen-bond acceptors (Lipinski definition) is 6. The average Bonchev–Trinajstić information content (AvgIpc) is 2.98. The number of amides is 2. The van der Waals surface area contributed by atoms with E-state index in [1.165, 1.54) is 6.42 Å². The Hall–Kier alpha value is -2.78. The van der Waals surface area contributed by atoms with Gasteiger partial charge in [0.15, 0.2) is 0 Å². The molecule has 0 heterocycles. The first-order valence-corrected chi connectivity index (χ1v) is 15.5. The van der Waals surface area contributed by atoms with Gasteiger partial charge in [-0.05, 0) is 84.2 Å². The highest BCUT2D eigenvalue weighted by molar-refractivity contribution is 5.94. The van der Waals surface area contributed by atoms with Crippen molar-refractivity contribution in [2.75, 3.05) is 13.2 Å². The first-order chi connectivity index (χ1) is 20.0. The minimum absolute atomic E-state index is 0.0369. The third kappa shape index (κ3) is 6.88. The van der Waals surface area contributed by atoms with Crippen molar-refractivity contribution < 1.29 is 24.9 Å². The van der Waals surface area contributed by atoms with Crippen LogP contribution in [0.15, 0.2) is 48.5 Å². The number of rotatable bonds is 13. The second kappa shape index (κ2) is 13.7. The van der Waals surface area contributed by atoms with E-state index in [-0.39, 0.29) is 17.9 Å². The second-order valence-corrected chi connectivity index (χ2v) is 13.0. The fourth-order valence-corrected chi connectivity index (χ4v) is 7.20. The third-order valence-electron chi connectivity index (χ3n) is 10.0. The molecule has 8 nitrogen and oxygen atoms in total. The van der Waals surface area contributed by atoms with Crippen molar-refractivity contribution >= 4 is 11.8 Å². The number of hydrogen-bond donors (Lipinski definition) is 6. The molecule has 0 saturated heterocycles. The van der Waals surface area contributed by atoms with Gasteiger partial charge < -0.3 is 31.3 Å². The normalized spacial score (nSPS) is 25.4. The van der Waals surface area contributed by atoms with Crippen LogP contribution in [0.2, 0.25) is 0 Å². The molecule has 3 fully saturated rings. The summed E-state index contributed by atoms with van der Waals surface area (Å²) in [4.78, 5) is 26.0. The van der Waals surface area contributed by atoms with Gasteiger partial charge in [0.25, 0.3) is 5.91 Å². The van der Waals surface area contributed by atoms with Crippen LogP contribution < -0.4 is 16.0 Å². The van der Waals surface area contributed by atoms with E-state index < -0.39 is 30.8 Å². The minimum atomic E-state index is -1.26. The topological polar surface area (TPSA) is 131 Å². The third-order valence-corrected chi connectivity index (χ3v) is 10.0. The molecular weight excluding hydrogens is 530 g/mol. The van der Waals surface area contributed by atoms with Crippen LogP contribution in [0, 0.1) is 29.1 Å². The maximum atomic E-state index is 13.8. The molecule has 0 spiro atoms. The zero-order valence-corrected chi connectivity index (χ0v) is 25.6. The van der Waals surface area contributed by atoms with Crippen LogP contribution in [0.3, 0.4) is 0 Å². The molecule has 2 aromatic carbocycles. The highest BCUT2D eigenvalue weighted by Gasteiger charge is 2.56. The van der Waals surface area contributed by atoms with Crippen molar-refractivity contribution in [3.8, 4) is 11.1 Å². The molecule has 5 rings (SSSR count). The zero-order valence-electron chi connectivity index (χ0n) is 25.6. The van der Waals surface area contributed by atoms with Crippen molar-refractivity contribution in [3.63, 3.8) is 0 Å². The molecule has 42 heavy (non-hydrogen) atoms. The Morgan fingerprint density at radius 3 is 2.36 bits per heavy atom. The maximum Gasteiger partial charge on any atom is 0.251 e. The Balaban J connectivity index is 1.48. The zero-order chi connectivity index (χ0) is 30.6. The number of carbonyl (C=O) groups excluding carboxylic acids is 2. The summed E-state index contributed by atoms with van der Waals surface area (Å²) in [6, 6.07) is 14.5. The first-order valence-electron chi connectivity index (χ1n) is 15.5. The van der Waals surface area contributed by atoms with E-state index in [2.05, 4.69) is 36.7 Å². The van der Waals surface area contributed by atoms with Crippen LogP contribution in [0.4, 0.5) is 0 Å². The number of aliphatic hydroxyl groups excluding tert-OH is 3. The van der Waals surface area contributed by atoms with Gasteiger partial charge in [0.05, 0.1) is 24.9 Å². The minimum Gasteiger partial charge on any atom is -0.394 e. The van der Waals surface area contributed by atoms with E-state index in [9.17, 15) is 24.9 Å². The lowest BCUT2D eigenvalue weighted by Gasteiger charge is -2.62.